The Bertz CT molecular complexity index is 573. The van der Waals surface area contributed by atoms with Crippen molar-refractivity contribution in [2.75, 3.05) is 14.2 Å². The molecule has 19 heavy (non-hydrogen) atoms. The van der Waals surface area contributed by atoms with E-state index >= 15 is 0 Å². The fourth-order valence-electron chi connectivity index (χ4n) is 1.71. The van der Waals surface area contributed by atoms with Gasteiger partial charge in [-0.25, -0.2) is 0 Å². The topological polar surface area (TPSA) is 66.0 Å². The van der Waals surface area contributed by atoms with Crippen molar-refractivity contribution in [2.24, 2.45) is 0 Å². The van der Waals surface area contributed by atoms with Crippen LogP contribution in [0.25, 0.3) is 6.08 Å². The molecule has 0 amide bonds. The van der Waals surface area contributed by atoms with E-state index in [9.17, 15) is 0 Å². The summed E-state index contributed by atoms with van der Waals surface area (Å²) in [6, 6.07) is 7.22. The van der Waals surface area contributed by atoms with E-state index < -0.39 is 0 Å². The monoisotopic (exact) mass is 254 g/mol. The van der Waals surface area contributed by atoms with Gasteiger partial charge in [0, 0.05) is 5.56 Å². The minimum Gasteiger partial charge on any atom is -0.493 e. The van der Waals surface area contributed by atoms with Gasteiger partial charge in [-0.3, -0.25) is 0 Å². The number of ether oxygens (including phenoxy) is 2. The molecule has 0 bridgehead atoms. The van der Waals surface area contributed by atoms with E-state index in [-0.39, 0.29) is 5.57 Å². The second-order valence-corrected chi connectivity index (χ2v) is 3.69. The number of hydrogen-bond donors (Lipinski definition) is 0. The lowest BCUT2D eigenvalue weighted by molar-refractivity contribution is 0.352. The van der Waals surface area contributed by atoms with Gasteiger partial charge in [0.2, 0.25) is 0 Å². The highest BCUT2D eigenvalue weighted by Crippen LogP contribution is 2.33. The summed E-state index contributed by atoms with van der Waals surface area (Å²) in [5.41, 5.74) is 1.64. The lowest BCUT2D eigenvalue weighted by atomic mass is 10.0. The largest absolute Gasteiger partial charge is 0.493 e. The number of hydrogen-bond acceptors (Lipinski definition) is 4. The summed E-state index contributed by atoms with van der Waals surface area (Å²) in [4.78, 5) is 0. The molecule has 1 aromatic carbocycles. The van der Waals surface area contributed by atoms with Crippen molar-refractivity contribution in [3.05, 3.63) is 41.5 Å². The second kappa shape index (κ2) is 6.88. The Morgan fingerprint density at radius 2 is 1.95 bits per heavy atom. The molecule has 0 aliphatic carbocycles. The van der Waals surface area contributed by atoms with E-state index in [4.69, 9.17) is 20.0 Å². The van der Waals surface area contributed by atoms with Crippen LogP contribution in [0, 0.1) is 22.7 Å². The van der Waals surface area contributed by atoms with Gasteiger partial charge in [-0.05, 0) is 30.2 Å². The summed E-state index contributed by atoms with van der Waals surface area (Å²) < 4.78 is 10.6. The molecule has 0 radical (unpaired) electrons. The van der Waals surface area contributed by atoms with Gasteiger partial charge >= 0.3 is 0 Å². The average Bonchev–Trinajstić information content (AvgIpc) is 2.44. The summed E-state index contributed by atoms with van der Waals surface area (Å²) in [7, 11) is 3.11. The molecular weight excluding hydrogens is 240 g/mol. The molecular formula is C15H14N2O2. The molecule has 4 heteroatoms. The molecule has 0 fully saturated rings. The van der Waals surface area contributed by atoms with E-state index in [1.165, 1.54) is 6.08 Å². The van der Waals surface area contributed by atoms with E-state index in [1.807, 2.05) is 18.2 Å². The van der Waals surface area contributed by atoms with Crippen molar-refractivity contribution >= 4 is 6.08 Å². The summed E-state index contributed by atoms with van der Waals surface area (Å²) in [6.07, 6.45) is 3.87. The van der Waals surface area contributed by atoms with Gasteiger partial charge in [0.25, 0.3) is 0 Å². The Morgan fingerprint density at radius 1 is 1.26 bits per heavy atom. The van der Waals surface area contributed by atoms with Gasteiger partial charge < -0.3 is 9.47 Å². The van der Waals surface area contributed by atoms with Gasteiger partial charge in [-0.2, -0.15) is 10.5 Å². The summed E-state index contributed by atoms with van der Waals surface area (Å²) in [5, 5.41) is 17.5. The Hall–Kier alpha value is -2.72. The van der Waals surface area contributed by atoms with Crippen LogP contribution in [0.5, 0.6) is 11.5 Å². The average molecular weight is 254 g/mol. The zero-order chi connectivity index (χ0) is 14.3. The maximum atomic E-state index is 8.77. The lowest BCUT2D eigenvalue weighted by Crippen LogP contribution is -1.96. The molecule has 0 atom stereocenters. The van der Waals surface area contributed by atoms with Crippen LogP contribution in [0.2, 0.25) is 0 Å². The quantitative estimate of drug-likeness (QED) is 0.598. The number of allylic oxidation sites excluding steroid dienone is 2. The van der Waals surface area contributed by atoms with Crippen LogP contribution in [0.4, 0.5) is 0 Å². The molecule has 0 saturated heterocycles. The minimum atomic E-state index is 0.0387. The minimum absolute atomic E-state index is 0.0387. The van der Waals surface area contributed by atoms with E-state index in [0.717, 1.165) is 5.56 Å². The maximum Gasteiger partial charge on any atom is 0.164 e. The van der Waals surface area contributed by atoms with E-state index in [0.29, 0.717) is 23.5 Å². The fraction of sp³-hybridized carbons (Fsp3) is 0.200. The normalized spacial score (nSPS) is 8.84. The number of nitriles is 2. The van der Waals surface area contributed by atoms with Gasteiger partial charge in [-0.1, -0.05) is 6.08 Å². The first-order chi connectivity index (χ1) is 9.19. The Labute approximate surface area is 112 Å². The highest BCUT2D eigenvalue weighted by molar-refractivity contribution is 5.66. The van der Waals surface area contributed by atoms with Crippen LogP contribution >= 0.6 is 0 Å². The lowest BCUT2D eigenvalue weighted by Gasteiger charge is -2.13. The van der Waals surface area contributed by atoms with Gasteiger partial charge in [0.05, 0.1) is 14.2 Å². The van der Waals surface area contributed by atoms with Crippen LogP contribution in [-0.2, 0) is 6.42 Å². The zero-order valence-corrected chi connectivity index (χ0v) is 10.9. The van der Waals surface area contributed by atoms with E-state index in [2.05, 4.69) is 6.58 Å². The fourth-order valence-corrected chi connectivity index (χ4v) is 1.71. The van der Waals surface area contributed by atoms with Crippen LogP contribution in [0.1, 0.15) is 11.1 Å². The molecule has 4 nitrogen and oxygen atoms in total. The van der Waals surface area contributed by atoms with Gasteiger partial charge in [0.1, 0.15) is 17.7 Å². The van der Waals surface area contributed by atoms with Crippen molar-refractivity contribution in [1.29, 1.82) is 10.5 Å². The third-order valence-corrected chi connectivity index (χ3v) is 2.49. The van der Waals surface area contributed by atoms with Gasteiger partial charge in [-0.15, -0.1) is 6.58 Å². The van der Waals surface area contributed by atoms with Crippen LogP contribution in [-0.4, -0.2) is 14.2 Å². The summed E-state index contributed by atoms with van der Waals surface area (Å²) >= 11 is 0. The standard InChI is InChI=1S/C15H14N2O2/c1-4-5-13-7-11(6-12(9-16)10-17)8-14(18-2)15(13)19-3/h4,6-8H,1,5H2,2-3H3. The Balaban J connectivity index is 3.41. The summed E-state index contributed by atoms with van der Waals surface area (Å²) in [6.45, 7) is 3.69. The number of rotatable bonds is 5. The first-order valence-corrected chi connectivity index (χ1v) is 5.57. The zero-order valence-electron chi connectivity index (χ0n) is 10.9. The van der Waals surface area contributed by atoms with Crippen molar-refractivity contribution in [2.45, 2.75) is 6.42 Å². The SMILES string of the molecule is C=CCc1cc(C=C(C#N)C#N)cc(OC)c1OC. The predicted octanol–water partition coefficient (Wildman–Crippen LogP) is 2.86. The van der Waals surface area contributed by atoms with Crippen molar-refractivity contribution in [3.63, 3.8) is 0 Å². The van der Waals surface area contributed by atoms with Crippen LogP contribution in [0.15, 0.2) is 30.4 Å². The molecule has 0 spiro atoms. The third-order valence-electron chi connectivity index (χ3n) is 2.49. The molecule has 0 aromatic heterocycles. The molecule has 0 heterocycles. The van der Waals surface area contributed by atoms with Gasteiger partial charge in [0.15, 0.2) is 11.5 Å². The van der Waals surface area contributed by atoms with Crippen molar-refractivity contribution in [3.8, 4) is 23.6 Å². The molecule has 96 valence electrons. The molecule has 0 saturated carbocycles. The van der Waals surface area contributed by atoms with Crippen LogP contribution < -0.4 is 9.47 Å². The number of methoxy groups -OCH3 is 2. The summed E-state index contributed by atoms with van der Waals surface area (Å²) in [5.74, 6) is 1.19. The smallest absolute Gasteiger partial charge is 0.164 e. The predicted molar refractivity (Wildman–Crippen MR) is 72.7 cm³/mol. The van der Waals surface area contributed by atoms with Crippen molar-refractivity contribution in [1.82, 2.24) is 0 Å². The number of nitrogens with zero attached hydrogens (tertiary/aromatic N) is 2. The Kier molecular flexibility index (Phi) is 5.19. The highest BCUT2D eigenvalue weighted by atomic mass is 16.5. The molecule has 0 N–H and O–H groups in total. The third kappa shape index (κ3) is 3.37. The van der Waals surface area contributed by atoms with Crippen molar-refractivity contribution < 1.29 is 9.47 Å². The highest BCUT2D eigenvalue weighted by Gasteiger charge is 2.11. The first kappa shape index (κ1) is 14.3. The number of benzene rings is 1. The first-order valence-electron chi connectivity index (χ1n) is 5.57. The maximum absolute atomic E-state index is 8.77. The van der Waals surface area contributed by atoms with E-state index in [1.54, 1.807) is 26.4 Å². The molecule has 0 aliphatic rings. The van der Waals surface area contributed by atoms with Crippen LogP contribution in [0.3, 0.4) is 0 Å². The molecule has 1 rings (SSSR count). The molecule has 1 aromatic rings. The Morgan fingerprint density at radius 3 is 2.42 bits per heavy atom. The molecule has 0 unspecified atom stereocenters. The second-order valence-electron chi connectivity index (χ2n) is 3.69. The molecule has 0 aliphatic heterocycles.